The smallest absolute Gasteiger partial charge is 0.255 e. The van der Waals surface area contributed by atoms with E-state index in [0.717, 1.165) is 39.2 Å². The monoisotopic (exact) mass is 404 g/mol. The molecule has 0 unspecified atom stereocenters. The fraction of sp³-hybridized carbons (Fsp3) is 0.250. The van der Waals surface area contributed by atoms with E-state index in [1.165, 1.54) is 11.3 Å². The summed E-state index contributed by atoms with van der Waals surface area (Å²) in [6.07, 6.45) is 0. The number of para-hydroxylation sites is 1. The first kappa shape index (κ1) is 19.4. The second-order valence-electron chi connectivity index (χ2n) is 7.68. The Bertz CT molecular complexity index is 1070. The van der Waals surface area contributed by atoms with E-state index in [2.05, 4.69) is 6.07 Å². The Balaban J connectivity index is 1.85. The van der Waals surface area contributed by atoms with Gasteiger partial charge >= 0.3 is 0 Å². The highest BCUT2D eigenvalue weighted by molar-refractivity contribution is 7.08. The molecule has 0 saturated carbocycles. The van der Waals surface area contributed by atoms with Crippen LogP contribution in [0, 0.1) is 27.7 Å². The molecule has 5 heteroatoms. The average molecular weight is 405 g/mol. The van der Waals surface area contributed by atoms with Crippen LogP contribution in [0.25, 0.3) is 0 Å². The SMILES string of the molecule is Cc1ccc(N2C(=O)CN(c3c(C)cccc3C)C(=O)[C@H]2c2ccsc2)c(C)c1. The number of nitrogens with zero attached hydrogens (tertiary/aromatic N) is 2. The molecule has 4 rings (SSSR count). The fourth-order valence-corrected chi connectivity index (χ4v) is 4.86. The highest BCUT2D eigenvalue weighted by Crippen LogP contribution is 2.38. The molecule has 2 aromatic carbocycles. The molecule has 3 aromatic rings. The average Bonchev–Trinajstić information content (AvgIpc) is 3.18. The van der Waals surface area contributed by atoms with Gasteiger partial charge in [-0.1, -0.05) is 35.9 Å². The van der Waals surface area contributed by atoms with Crippen LogP contribution in [0.4, 0.5) is 11.4 Å². The van der Waals surface area contributed by atoms with Crippen LogP contribution in [0.5, 0.6) is 0 Å². The van der Waals surface area contributed by atoms with Crippen molar-refractivity contribution in [2.75, 3.05) is 16.3 Å². The maximum absolute atomic E-state index is 13.8. The van der Waals surface area contributed by atoms with Crippen LogP contribution in [0.15, 0.2) is 53.2 Å². The zero-order chi connectivity index (χ0) is 20.7. The zero-order valence-electron chi connectivity index (χ0n) is 17.1. The fourth-order valence-electron chi connectivity index (χ4n) is 4.18. The summed E-state index contributed by atoms with van der Waals surface area (Å²) >= 11 is 1.54. The number of aryl methyl sites for hydroxylation is 4. The molecule has 29 heavy (non-hydrogen) atoms. The third kappa shape index (κ3) is 3.36. The lowest BCUT2D eigenvalue weighted by Crippen LogP contribution is -2.56. The summed E-state index contributed by atoms with van der Waals surface area (Å²) in [6.45, 7) is 8.02. The van der Waals surface area contributed by atoms with E-state index < -0.39 is 6.04 Å². The van der Waals surface area contributed by atoms with Crippen LogP contribution in [0.1, 0.15) is 33.9 Å². The van der Waals surface area contributed by atoms with Crippen molar-refractivity contribution < 1.29 is 9.59 Å². The lowest BCUT2D eigenvalue weighted by atomic mass is 9.98. The first-order valence-electron chi connectivity index (χ1n) is 9.67. The number of piperazine rings is 1. The van der Waals surface area contributed by atoms with Crippen molar-refractivity contribution in [2.24, 2.45) is 0 Å². The van der Waals surface area contributed by atoms with E-state index in [4.69, 9.17) is 0 Å². The maximum Gasteiger partial charge on any atom is 0.255 e. The number of anilines is 2. The molecule has 1 atom stereocenters. The Morgan fingerprint density at radius 1 is 0.931 bits per heavy atom. The molecule has 1 aromatic heterocycles. The minimum Gasteiger partial charge on any atom is -0.300 e. The van der Waals surface area contributed by atoms with E-state index in [1.54, 1.807) is 9.80 Å². The lowest BCUT2D eigenvalue weighted by Gasteiger charge is -2.41. The Morgan fingerprint density at radius 2 is 1.66 bits per heavy atom. The summed E-state index contributed by atoms with van der Waals surface area (Å²) in [6, 6.07) is 13.2. The standard InChI is InChI=1S/C24H24N2O2S/c1-15-8-9-20(18(4)12-15)26-21(27)13-25(22-16(2)6-5-7-17(22)3)24(28)23(26)19-10-11-29-14-19/h5-12,14,23H,13H2,1-4H3/t23-/m1/s1. The van der Waals surface area contributed by atoms with Gasteiger partial charge in [0.25, 0.3) is 5.91 Å². The molecule has 0 radical (unpaired) electrons. The van der Waals surface area contributed by atoms with Gasteiger partial charge in [-0.2, -0.15) is 11.3 Å². The molecule has 0 N–H and O–H groups in total. The Labute approximate surface area is 175 Å². The molecule has 0 bridgehead atoms. The zero-order valence-corrected chi connectivity index (χ0v) is 17.9. The summed E-state index contributed by atoms with van der Waals surface area (Å²) < 4.78 is 0. The second kappa shape index (κ2) is 7.48. The van der Waals surface area contributed by atoms with Gasteiger partial charge in [-0.25, -0.2) is 0 Å². The summed E-state index contributed by atoms with van der Waals surface area (Å²) in [5.41, 5.74) is 6.60. The van der Waals surface area contributed by atoms with Crippen molar-refractivity contribution in [1.29, 1.82) is 0 Å². The van der Waals surface area contributed by atoms with Crippen LogP contribution in [0.3, 0.4) is 0 Å². The molecule has 1 saturated heterocycles. The molecule has 0 aliphatic carbocycles. The van der Waals surface area contributed by atoms with E-state index in [0.29, 0.717) is 0 Å². The third-order valence-electron chi connectivity index (χ3n) is 5.50. The topological polar surface area (TPSA) is 40.6 Å². The molecule has 0 spiro atoms. The number of carbonyl (C=O) groups is 2. The number of rotatable bonds is 3. The van der Waals surface area contributed by atoms with Crippen LogP contribution in [-0.2, 0) is 9.59 Å². The van der Waals surface area contributed by atoms with Crippen molar-refractivity contribution >= 4 is 34.5 Å². The van der Waals surface area contributed by atoms with Crippen molar-refractivity contribution in [3.63, 3.8) is 0 Å². The molecular weight excluding hydrogens is 380 g/mol. The predicted molar refractivity (Wildman–Crippen MR) is 119 cm³/mol. The highest BCUT2D eigenvalue weighted by atomic mass is 32.1. The molecule has 1 fully saturated rings. The highest BCUT2D eigenvalue weighted by Gasteiger charge is 2.43. The number of thiophene rings is 1. The number of carbonyl (C=O) groups excluding carboxylic acids is 2. The normalized spacial score (nSPS) is 17.2. The predicted octanol–water partition coefficient (Wildman–Crippen LogP) is 5.10. The molecule has 2 amide bonds. The van der Waals surface area contributed by atoms with E-state index in [9.17, 15) is 9.59 Å². The molecular formula is C24H24N2O2S. The maximum atomic E-state index is 13.8. The molecule has 148 valence electrons. The van der Waals surface area contributed by atoms with E-state index >= 15 is 0 Å². The van der Waals surface area contributed by atoms with E-state index in [1.807, 2.05) is 74.9 Å². The summed E-state index contributed by atoms with van der Waals surface area (Å²) in [5, 5.41) is 3.91. The summed E-state index contributed by atoms with van der Waals surface area (Å²) in [4.78, 5) is 30.5. The Hall–Kier alpha value is -2.92. The quantitative estimate of drug-likeness (QED) is 0.609. The second-order valence-corrected chi connectivity index (χ2v) is 8.46. The first-order chi connectivity index (χ1) is 13.9. The van der Waals surface area contributed by atoms with Gasteiger partial charge in [0.05, 0.1) is 5.69 Å². The van der Waals surface area contributed by atoms with Crippen LogP contribution >= 0.6 is 11.3 Å². The van der Waals surface area contributed by atoms with Gasteiger partial charge in [-0.05, 0) is 72.8 Å². The number of amides is 2. The summed E-state index contributed by atoms with van der Waals surface area (Å²) in [7, 11) is 0. The molecule has 1 aliphatic rings. The van der Waals surface area contributed by atoms with Gasteiger partial charge in [-0.15, -0.1) is 0 Å². The lowest BCUT2D eigenvalue weighted by molar-refractivity contribution is -0.128. The number of hydrogen-bond acceptors (Lipinski definition) is 3. The van der Waals surface area contributed by atoms with Gasteiger partial charge in [0.2, 0.25) is 5.91 Å². The van der Waals surface area contributed by atoms with Crippen molar-refractivity contribution in [3.05, 3.63) is 81.0 Å². The molecule has 2 heterocycles. The Morgan fingerprint density at radius 3 is 2.28 bits per heavy atom. The number of benzene rings is 2. The van der Waals surface area contributed by atoms with Crippen molar-refractivity contribution in [2.45, 2.75) is 33.7 Å². The number of hydrogen-bond donors (Lipinski definition) is 0. The van der Waals surface area contributed by atoms with Gasteiger partial charge in [0.15, 0.2) is 0 Å². The van der Waals surface area contributed by atoms with E-state index in [-0.39, 0.29) is 18.4 Å². The van der Waals surface area contributed by atoms with Gasteiger partial charge in [0, 0.05) is 5.69 Å². The Kier molecular flexibility index (Phi) is 5.01. The van der Waals surface area contributed by atoms with Crippen molar-refractivity contribution in [1.82, 2.24) is 0 Å². The first-order valence-corrected chi connectivity index (χ1v) is 10.6. The summed E-state index contributed by atoms with van der Waals surface area (Å²) in [5.74, 6) is -0.143. The van der Waals surface area contributed by atoms with Gasteiger partial charge < -0.3 is 4.90 Å². The molecule has 1 aliphatic heterocycles. The van der Waals surface area contributed by atoms with Crippen LogP contribution in [0.2, 0.25) is 0 Å². The largest absolute Gasteiger partial charge is 0.300 e. The van der Waals surface area contributed by atoms with Crippen LogP contribution in [-0.4, -0.2) is 18.4 Å². The minimum absolute atomic E-state index is 0.0402. The van der Waals surface area contributed by atoms with Crippen molar-refractivity contribution in [3.8, 4) is 0 Å². The van der Waals surface area contributed by atoms with Gasteiger partial charge in [-0.3, -0.25) is 14.5 Å². The van der Waals surface area contributed by atoms with Gasteiger partial charge in [0.1, 0.15) is 12.6 Å². The van der Waals surface area contributed by atoms with Crippen LogP contribution < -0.4 is 9.80 Å². The minimum atomic E-state index is -0.664. The third-order valence-corrected chi connectivity index (χ3v) is 6.20. The molecule has 4 nitrogen and oxygen atoms in total.